The van der Waals surface area contributed by atoms with Crippen LogP contribution < -0.4 is 4.74 Å². The molecule has 0 fully saturated rings. The van der Waals surface area contributed by atoms with Gasteiger partial charge in [0, 0.05) is 5.02 Å². The maximum Gasteiger partial charge on any atom is 0.181 e. The summed E-state index contributed by atoms with van der Waals surface area (Å²) in [5.74, 6) is -0.166. The van der Waals surface area contributed by atoms with Crippen LogP contribution in [0.3, 0.4) is 0 Å². The third-order valence-electron chi connectivity index (χ3n) is 2.45. The van der Waals surface area contributed by atoms with Crippen molar-refractivity contribution in [2.24, 2.45) is 5.41 Å². The zero-order valence-corrected chi connectivity index (χ0v) is 10.1. The van der Waals surface area contributed by atoms with Crippen molar-refractivity contribution in [3.05, 3.63) is 29.3 Å². The Morgan fingerprint density at radius 1 is 1.29 bits per heavy atom. The summed E-state index contributed by atoms with van der Waals surface area (Å²) in [5.41, 5.74) is -1.60. The average molecular weight is 263 g/mol. The van der Waals surface area contributed by atoms with E-state index in [1.165, 1.54) is 6.92 Å². The van der Waals surface area contributed by atoms with Crippen molar-refractivity contribution in [3.63, 3.8) is 0 Å². The van der Waals surface area contributed by atoms with Crippen LogP contribution in [0.1, 0.15) is 6.92 Å². The predicted octanol–water partition coefficient (Wildman–Crippen LogP) is 3.23. The molecule has 5 heteroatoms. The first kappa shape index (κ1) is 13.9. The molecule has 1 rings (SSSR count). The van der Waals surface area contributed by atoms with E-state index in [-0.39, 0.29) is 6.61 Å². The molecule has 1 aromatic carbocycles. The van der Waals surface area contributed by atoms with Crippen LogP contribution in [0.15, 0.2) is 24.3 Å². The third kappa shape index (κ3) is 3.66. The first-order valence-corrected chi connectivity index (χ1v) is 5.43. The van der Waals surface area contributed by atoms with E-state index in [4.69, 9.17) is 16.3 Å². The smallest absolute Gasteiger partial charge is 0.181 e. The third-order valence-corrected chi connectivity index (χ3v) is 2.70. The second-order valence-electron chi connectivity index (χ2n) is 3.99. The lowest BCUT2D eigenvalue weighted by Gasteiger charge is -2.20. The van der Waals surface area contributed by atoms with Gasteiger partial charge in [-0.25, -0.2) is 8.78 Å². The first-order chi connectivity index (χ1) is 8.01. The number of hydrogen-bond donors (Lipinski definition) is 0. The zero-order chi connectivity index (χ0) is 12.9. The lowest BCUT2D eigenvalue weighted by molar-refractivity contribution is -0.131. The number of benzene rings is 1. The van der Waals surface area contributed by atoms with E-state index in [2.05, 4.69) is 0 Å². The van der Waals surface area contributed by atoms with Gasteiger partial charge in [-0.2, -0.15) is 0 Å². The zero-order valence-electron chi connectivity index (χ0n) is 9.38. The lowest BCUT2D eigenvalue weighted by Crippen LogP contribution is -2.36. The number of ketones is 1. The van der Waals surface area contributed by atoms with Crippen LogP contribution in [0.4, 0.5) is 8.78 Å². The Bertz CT molecular complexity index is 375. The number of rotatable bonds is 6. The fourth-order valence-corrected chi connectivity index (χ4v) is 1.16. The Balaban J connectivity index is 2.56. The summed E-state index contributed by atoms with van der Waals surface area (Å²) in [6.07, 6.45) is 0. The van der Waals surface area contributed by atoms with Crippen LogP contribution in [0.2, 0.25) is 5.02 Å². The standard InChI is InChI=1S/C12H13ClF2O2/c1-12(7-14,8-15)11(16)6-17-10-4-2-9(13)3-5-10/h2-5H,6-8H2,1H3. The molecular formula is C12H13ClF2O2. The predicted molar refractivity (Wildman–Crippen MR) is 62.0 cm³/mol. The summed E-state index contributed by atoms with van der Waals surface area (Å²) in [6, 6.07) is 6.37. The number of hydrogen-bond acceptors (Lipinski definition) is 2. The molecule has 0 aliphatic heterocycles. The molecular weight excluding hydrogens is 250 g/mol. The highest BCUT2D eigenvalue weighted by Gasteiger charge is 2.33. The second-order valence-corrected chi connectivity index (χ2v) is 4.43. The number of ether oxygens (including phenoxy) is 1. The Morgan fingerprint density at radius 3 is 2.29 bits per heavy atom. The van der Waals surface area contributed by atoms with Gasteiger partial charge in [0.2, 0.25) is 0 Å². The summed E-state index contributed by atoms with van der Waals surface area (Å²) < 4.78 is 30.2. The Labute approximate surface area is 104 Å². The Hall–Kier alpha value is -1.16. The van der Waals surface area contributed by atoms with Crippen LogP contribution in [0, 0.1) is 5.41 Å². The number of Topliss-reactive ketones (excluding diaryl/α,β-unsaturated/α-hetero) is 1. The highest BCUT2D eigenvalue weighted by atomic mass is 35.5. The molecule has 0 saturated heterocycles. The van der Waals surface area contributed by atoms with Gasteiger partial charge >= 0.3 is 0 Å². The molecule has 0 aliphatic carbocycles. The monoisotopic (exact) mass is 262 g/mol. The average Bonchev–Trinajstić information content (AvgIpc) is 2.36. The van der Waals surface area contributed by atoms with Gasteiger partial charge < -0.3 is 4.74 Å². The lowest BCUT2D eigenvalue weighted by atomic mass is 9.89. The van der Waals surface area contributed by atoms with E-state index in [0.29, 0.717) is 10.8 Å². The highest BCUT2D eigenvalue weighted by Crippen LogP contribution is 2.21. The van der Waals surface area contributed by atoms with Crippen LogP contribution in [-0.4, -0.2) is 25.7 Å². The van der Waals surface area contributed by atoms with Crippen LogP contribution in [-0.2, 0) is 4.79 Å². The molecule has 0 saturated carbocycles. The molecule has 1 aromatic rings. The molecule has 0 amide bonds. The van der Waals surface area contributed by atoms with E-state index in [0.717, 1.165) is 0 Å². The molecule has 0 unspecified atom stereocenters. The van der Waals surface area contributed by atoms with Crippen molar-refractivity contribution in [2.45, 2.75) is 6.92 Å². The summed E-state index contributed by atoms with van der Waals surface area (Å²) in [4.78, 5) is 11.5. The quantitative estimate of drug-likeness (QED) is 0.787. The van der Waals surface area contributed by atoms with E-state index in [1.54, 1.807) is 24.3 Å². The van der Waals surface area contributed by atoms with Crippen molar-refractivity contribution in [3.8, 4) is 5.75 Å². The normalized spacial score (nSPS) is 11.3. The van der Waals surface area contributed by atoms with Crippen molar-refractivity contribution >= 4 is 17.4 Å². The molecule has 94 valence electrons. The molecule has 0 radical (unpaired) electrons. The molecule has 0 aliphatic rings. The maximum absolute atomic E-state index is 12.5. The van der Waals surface area contributed by atoms with Crippen molar-refractivity contribution in [2.75, 3.05) is 20.0 Å². The molecule has 0 N–H and O–H groups in total. The van der Waals surface area contributed by atoms with Gasteiger partial charge in [0.15, 0.2) is 5.78 Å². The Kier molecular flexibility index (Phi) is 4.87. The fraction of sp³-hybridized carbons (Fsp3) is 0.417. The summed E-state index contributed by atoms with van der Waals surface area (Å²) in [6.45, 7) is -1.19. The summed E-state index contributed by atoms with van der Waals surface area (Å²) >= 11 is 5.67. The minimum absolute atomic E-state index is 0.355. The molecule has 0 atom stereocenters. The molecule has 0 heterocycles. The van der Waals surface area contributed by atoms with Crippen molar-refractivity contribution in [1.82, 2.24) is 0 Å². The van der Waals surface area contributed by atoms with E-state index < -0.39 is 24.5 Å². The van der Waals surface area contributed by atoms with E-state index in [9.17, 15) is 13.6 Å². The minimum atomic E-state index is -1.60. The van der Waals surface area contributed by atoms with E-state index >= 15 is 0 Å². The van der Waals surface area contributed by atoms with Gasteiger partial charge in [-0.05, 0) is 31.2 Å². The summed E-state index contributed by atoms with van der Waals surface area (Å²) in [7, 11) is 0. The molecule has 17 heavy (non-hydrogen) atoms. The van der Waals surface area contributed by atoms with Gasteiger partial charge in [0.05, 0.1) is 5.41 Å². The number of carbonyl (C=O) groups excluding carboxylic acids is 1. The van der Waals surface area contributed by atoms with Gasteiger partial charge in [0.1, 0.15) is 25.7 Å². The molecule has 0 aromatic heterocycles. The van der Waals surface area contributed by atoms with Crippen molar-refractivity contribution < 1.29 is 18.3 Å². The van der Waals surface area contributed by atoms with Gasteiger partial charge in [-0.15, -0.1) is 0 Å². The SMILES string of the molecule is CC(CF)(CF)C(=O)COc1ccc(Cl)cc1. The first-order valence-electron chi connectivity index (χ1n) is 5.05. The molecule has 2 nitrogen and oxygen atoms in total. The van der Waals surface area contributed by atoms with Crippen LogP contribution >= 0.6 is 11.6 Å². The molecule has 0 bridgehead atoms. The van der Waals surface area contributed by atoms with Gasteiger partial charge in [-0.1, -0.05) is 11.6 Å². The topological polar surface area (TPSA) is 26.3 Å². The number of halogens is 3. The Morgan fingerprint density at radius 2 is 1.82 bits per heavy atom. The van der Waals surface area contributed by atoms with Crippen LogP contribution in [0.5, 0.6) is 5.75 Å². The number of alkyl halides is 2. The van der Waals surface area contributed by atoms with Gasteiger partial charge in [0.25, 0.3) is 0 Å². The molecule has 0 spiro atoms. The van der Waals surface area contributed by atoms with E-state index in [1.807, 2.05) is 0 Å². The highest BCUT2D eigenvalue weighted by molar-refractivity contribution is 6.30. The number of carbonyl (C=O) groups is 1. The van der Waals surface area contributed by atoms with Gasteiger partial charge in [-0.3, -0.25) is 4.79 Å². The van der Waals surface area contributed by atoms with Crippen molar-refractivity contribution in [1.29, 1.82) is 0 Å². The largest absolute Gasteiger partial charge is 0.486 e. The van der Waals surface area contributed by atoms with Crippen LogP contribution in [0.25, 0.3) is 0 Å². The minimum Gasteiger partial charge on any atom is -0.486 e. The second kappa shape index (κ2) is 5.96. The summed E-state index contributed by atoms with van der Waals surface area (Å²) in [5, 5.41) is 0.543. The fourth-order valence-electron chi connectivity index (χ4n) is 1.04. The maximum atomic E-state index is 12.5.